The SMILES string of the molecule is Cc1cnoc1CO. The molecule has 0 aliphatic carbocycles. The third kappa shape index (κ3) is 0.721. The minimum Gasteiger partial charge on any atom is -0.388 e. The smallest absolute Gasteiger partial charge is 0.164 e. The predicted octanol–water partition coefficient (Wildman–Crippen LogP) is 0.475. The van der Waals surface area contributed by atoms with Crippen molar-refractivity contribution in [2.45, 2.75) is 13.5 Å². The van der Waals surface area contributed by atoms with Gasteiger partial charge in [-0.05, 0) is 6.92 Å². The zero-order chi connectivity index (χ0) is 5.98. The van der Waals surface area contributed by atoms with Crippen LogP contribution in [0, 0.1) is 6.92 Å². The number of aromatic nitrogens is 1. The quantitative estimate of drug-likeness (QED) is 0.576. The minimum atomic E-state index is -0.0637. The highest BCUT2D eigenvalue weighted by Crippen LogP contribution is 2.03. The Morgan fingerprint density at radius 2 is 2.62 bits per heavy atom. The maximum Gasteiger partial charge on any atom is 0.164 e. The van der Waals surface area contributed by atoms with E-state index < -0.39 is 0 Å². The van der Waals surface area contributed by atoms with Crippen LogP contribution in [0.2, 0.25) is 0 Å². The zero-order valence-electron chi connectivity index (χ0n) is 4.59. The number of aliphatic hydroxyl groups excluding tert-OH is 1. The average molecular weight is 113 g/mol. The second-order valence-electron chi connectivity index (χ2n) is 1.59. The van der Waals surface area contributed by atoms with Gasteiger partial charge in [-0.1, -0.05) is 5.16 Å². The van der Waals surface area contributed by atoms with Gasteiger partial charge in [0.1, 0.15) is 6.61 Å². The molecule has 0 saturated carbocycles. The number of hydrogen-bond acceptors (Lipinski definition) is 3. The van der Waals surface area contributed by atoms with Gasteiger partial charge >= 0.3 is 0 Å². The predicted molar refractivity (Wildman–Crippen MR) is 27.2 cm³/mol. The standard InChI is InChI=1S/C5H7NO2/c1-4-2-6-8-5(4)3-7/h2,7H,3H2,1H3. The van der Waals surface area contributed by atoms with Gasteiger partial charge in [-0.2, -0.15) is 0 Å². The summed E-state index contributed by atoms with van der Waals surface area (Å²) in [6, 6.07) is 0. The van der Waals surface area contributed by atoms with E-state index in [9.17, 15) is 0 Å². The maximum absolute atomic E-state index is 8.47. The first-order chi connectivity index (χ1) is 3.84. The van der Waals surface area contributed by atoms with E-state index in [1.54, 1.807) is 6.20 Å². The van der Waals surface area contributed by atoms with Gasteiger partial charge in [-0.3, -0.25) is 0 Å². The fourth-order valence-corrected chi connectivity index (χ4v) is 0.467. The Hall–Kier alpha value is -0.830. The van der Waals surface area contributed by atoms with Gasteiger partial charge < -0.3 is 9.63 Å². The summed E-state index contributed by atoms with van der Waals surface area (Å²) in [6.45, 7) is 1.77. The number of hydrogen-bond donors (Lipinski definition) is 1. The molecule has 3 nitrogen and oxygen atoms in total. The molecular weight excluding hydrogens is 106 g/mol. The van der Waals surface area contributed by atoms with E-state index >= 15 is 0 Å². The molecule has 0 aromatic carbocycles. The van der Waals surface area contributed by atoms with Crippen LogP contribution in [-0.4, -0.2) is 10.3 Å². The number of aryl methyl sites for hydroxylation is 1. The second-order valence-corrected chi connectivity index (χ2v) is 1.59. The highest BCUT2D eigenvalue weighted by molar-refractivity contribution is 5.08. The van der Waals surface area contributed by atoms with Crippen LogP contribution in [0.5, 0.6) is 0 Å². The van der Waals surface area contributed by atoms with Gasteiger partial charge in [0.25, 0.3) is 0 Å². The Morgan fingerprint density at radius 3 is 2.88 bits per heavy atom. The van der Waals surface area contributed by atoms with Crippen molar-refractivity contribution in [3.8, 4) is 0 Å². The van der Waals surface area contributed by atoms with E-state index in [0.717, 1.165) is 5.56 Å². The highest BCUT2D eigenvalue weighted by atomic mass is 16.5. The lowest BCUT2D eigenvalue weighted by Crippen LogP contribution is -1.79. The highest BCUT2D eigenvalue weighted by Gasteiger charge is 1.98. The maximum atomic E-state index is 8.47. The lowest BCUT2D eigenvalue weighted by Gasteiger charge is -1.83. The molecule has 1 heterocycles. The molecule has 1 rings (SSSR count). The van der Waals surface area contributed by atoms with E-state index in [4.69, 9.17) is 5.11 Å². The lowest BCUT2D eigenvalue weighted by molar-refractivity contribution is 0.228. The number of aliphatic hydroxyl groups is 1. The molecule has 0 amide bonds. The topological polar surface area (TPSA) is 46.3 Å². The summed E-state index contributed by atoms with van der Waals surface area (Å²) in [7, 11) is 0. The Bertz CT molecular complexity index is 171. The van der Waals surface area contributed by atoms with Crippen LogP contribution in [0.1, 0.15) is 11.3 Å². The van der Waals surface area contributed by atoms with Gasteiger partial charge in [-0.25, -0.2) is 0 Å². The molecule has 0 bridgehead atoms. The van der Waals surface area contributed by atoms with Crippen molar-refractivity contribution < 1.29 is 9.63 Å². The lowest BCUT2D eigenvalue weighted by atomic mass is 10.3. The van der Waals surface area contributed by atoms with Crippen LogP contribution in [-0.2, 0) is 6.61 Å². The van der Waals surface area contributed by atoms with Crippen molar-refractivity contribution in [3.63, 3.8) is 0 Å². The van der Waals surface area contributed by atoms with Crippen molar-refractivity contribution in [3.05, 3.63) is 17.5 Å². The average Bonchev–Trinajstić information content (AvgIpc) is 2.14. The van der Waals surface area contributed by atoms with Crippen molar-refractivity contribution in [1.29, 1.82) is 0 Å². The van der Waals surface area contributed by atoms with Gasteiger partial charge in [0.05, 0.1) is 6.20 Å². The molecule has 0 fully saturated rings. The van der Waals surface area contributed by atoms with Crippen LogP contribution in [0.25, 0.3) is 0 Å². The summed E-state index contributed by atoms with van der Waals surface area (Å²) in [5.41, 5.74) is 0.896. The van der Waals surface area contributed by atoms with E-state index in [1.807, 2.05) is 6.92 Å². The summed E-state index contributed by atoms with van der Waals surface area (Å²) in [6.07, 6.45) is 1.57. The van der Waals surface area contributed by atoms with E-state index in [1.165, 1.54) is 0 Å². The molecule has 8 heavy (non-hydrogen) atoms. The third-order valence-corrected chi connectivity index (χ3v) is 0.993. The molecule has 1 aromatic rings. The summed E-state index contributed by atoms with van der Waals surface area (Å²) < 4.78 is 4.61. The summed E-state index contributed by atoms with van der Waals surface area (Å²) >= 11 is 0. The molecule has 1 aromatic heterocycles. The molecule has 0 radical (unpaired) electrons. The fourth-order valence-electron chi connectivity index (χ4n) is 0.467. The molecule has 0 unspecified atom stereocenters. The Kier molecular flexibility index (Phi) is 1.30. The summed E-state index contributed by atoms with van der Waals surface area (Å²) in [5.74, 6) is 0.546. The van der Waals surface area contributed by atoms with E-state index in [0.29, 0.717) is 5.76 Å². The molecule has 3 heteroatoms. The Morgan fingerprint density at radius 1 is 1.88 bits per heavy atom. The molecule has 44 valence electrons. The van der Waals surface area contributed by atoms with Crippen molar-refractivity contribution in [2.24, 2.45) is 0 Å². The molecule has 1 N–H and O–H groups in total. The van der Waals surface area contributed by atoms with Gasteiger partial charge in [0.2, 0.25) is 0 Å². The van der Waals surface area contributed by atoms with Gasteiger partial charge in [0, 0.05) is 5.56 Å². The molecular formula is C5H7NO2. The van der Waals surface area contributed by atoms with Crippen LogP contribution in [0.3, 0.4) is 0 Å². The van der Waals surface area contributed by atoms with E-state index in [-0.39, 0.29) is 6.61 Å². The minimum absolute atomic E-state index is 0.0637. The van der Waals surface area contributed by atoms with Crippen LogP contribution >= 0.6 is 0 Å². The molecule has 0 spiro atoms. The monoisotopic (exact) mass is 113 g/mol. The van der Waals surface area contributed by atoms with Crippen LogP contribution < -0.4 is 0 Å². The number of nitrogens with zero attached hydrogens (tertiary/aromatic N) is 1. The first-order valence-electron chi connectivity index (χ1n) is 2.35. The van der Waals surface area contributed by atoms with Gasteiger partial charge in [0.15, 0.2) is 5.76 Å². The molecule has 0 aliphatic heterocycles. The normalized spacial score (nSPS) is 9.75. The largest absolute Gasteiger partial charge is 0.388 e. The van der Waals surface area contributed by atoms with Crippen molar-refractivity contribution in [1.82, 2.24) is 5.16 Å². The summed E-state index contributed by atoms with van der Waals surface area (Å²) in [4.78, 5) is 0. The van der Waals surface area contributed by atoms with Crippen LogP contribution in [0.15, 0.2) is 10.7 Å². The Labute approximate surface area is 46.9 Å². The first kappa shape index (κ1) is 5.31. The zero-order valence-corrected chi connectivity index (χ0v) is 4.59. The van der Waals surface area contributed by atoms with Crippen molar-refractivity contribution in [2.75, 3.05) is 0 Å². The fraction of sp³-hybridized carbons (Fsp3) is 0.400. The molecule has 0 atom stereocenters. The van der Waals surface area contributed by atoms with Crippen molar-refractivity contribution >= 4 is 0 Å². The second kappa shape index (κ2) is 1.96. The first-order valence-corrected chi connectivity index (χ1v) is 2.35. The summed E-state index contributed by atoms with van der Waals surface area (Å²) in [5, 5.41) is 11.9. The molecule has 0 aliphatic rings. The molecule has 0 saturated heterocycles. The Balaban J connectivity index is 2.92. The van der Waals surface area contributed by atoms with E-state index in [2.05, 4.69) is 9.68 Å². The third-order valence-electron chi connectivity index (χ3n) is 0.993. The van der Waals surface area contributed by atoms with Crippen LogP contribution in [0.4, 0.5) is 0 Å². The number of rotatable bonds is 1. The van der Waals surface area contributed by atoms with Gasteiger partial charge in [-0.15, -0.1) is 0 Å².